The van der Waals surface area contributed by atoms with E-state index in [0.29, 0.717) is 36.9 Å². The molecule has 10 heteroatoms. The Bertz CT molecular complexity index is 1180. The highest BCUT2D eigenvalue weighted by Gasteiger charge is 2.83. The third-order valence-corrected chi connectivity index (χ3v) is 15.2. The predicted molar refractivity (Wildman–Crippen MR) is 168 cm³/mol. The minimum absolute atomic E-state index is 0.0145. The highest BCUT2D eigenvalue weighted by molar-refractivity contribution is 5.88. The monoisotopic (exact) mass is 652 g/mol. The van der Waals surface area contributed by atoms with Gasteiger partial charge in [0.2, 0.25) is 0 Å². The van der Waals surface area contributed by atoms with Crippen LogP contribution >= 0.6 is 0 Å². The summed E-state index contributed by atoms with van der Waals surface area (Å²) in [6.07, 6.45) is -1.76. The molecule has 2 aliphatic heterocycles. The van der Waals surface area contributed by atoms with E-state index in [1.807, 2.05) is 0 Å². The number of ketones is 1. The van der Waals surface area contributed by atoms with Crippen LogP contribution in [0, 0.1) is 45.3 Å². The van der Waals surface area contributed by atoms with Crippen LogP contribution in [0.3, 0.4) is 0 Å². The Balaban J connectivity index is 1.23. The lowest BCUT2D eigenvalue weighted by atomic mass is 9.36. The Morgan fingerprint density at radius 1 is 0.957 bits per heavy atom. The molecule has 6 fully saturated rings. The van der Waals surface area contributed by atoms with Gasteiger partial charge >= 0.3 is 0 Å². The summed E-state index contributed by atoms with van der Waals surface area (Å²) in [6.45, 7) is 16.3. The quantitative estimate of drug-likeness (QED) is 0.169. The standard InChI is InChI=1S/C36H60O10/c1-18(9-11-23(38)32(4,5)43)19-13-14-33(6)22-15-26-36(46-26)21(35(22,8)24(39)16-34(19,33)7)10-12-25(31(36,2)3)45-30-29(42)28(41)27(40)20(17-37)44-30/h18-23,25-30,37-38,40-43H,9-17H2,1-8H3. The second-order valence-electron chi connectivity index (χ2n) is 17.9. The van der Waals surface area contributed by atoms with Crippen LogP contribution in [0.2, 0.25) is 0 Å². The lowest BCUT2D eigenvalue weighted by Gasteiger charge is -2.66. The highest BCUT2D eigenvalue weighted by Crippen LogP contribution is 2.79. The zero-order chi connectivity index (χ0) is 34.0. The molecule has 6 N–H and O–H groups in total. The van der Waals surface area contributed by atoms with E-state index in [4.69, 9.17) is 14.2 Å². The van der Waals surface area contributed by atoms with Crippen molar-refractivity contribution < 1.29 is 49.6 Å². The molecule has 0 aromatic carbocycles. The van der Waals surface area contributed by atoms with Crippen molar-refractivity contribution in [3.63, 3.8) is 0 Å². The lowest BCUT2D eigenvalue weighted by molar-refractivity contribution is -0.326. The molecule has 16 atom stereocenters. The number of carbonyl (C=O) groups excluding carboxylic acids is 1. The summed E-state index contributed by atoms with van der Waals surface area (Å²) in [5.74, 6) is 1.19. The first-order valence-electron chi connectivity index (χ1n) is 17.8. The average molecular weight is 653 g/mol. The maximum atomic E-state index is 14.7. The van der Waals surface area contributed by atoms with E-state index < -0.39 is 71.6 Å². The summed E-state index contributed by atoms with van der Waals surface area (Å²) < 4.78 is 18.9. The maximum absolute atomic E-state index is 14.7. The molecule has 0 radical (unpaired) electrons. The fourth-order valence-electron chi connectivity index (χ4n) is 12.0. The number of hydrogen-bond donors (Lipinski definition) is 6. The fraction of sp³-hybridized carbons (Fsp3) is 0.972. The SMILES string of the molecule is CC(CCC(O)C(C)(C)O)C1CCC2(C)C3CC4OC45C(CCC(OC4OC(CO)C(O)C(O)C4O)C5(C)C)C3(C)C(=O)CC12C. The van der Waals surface area contributed by atoms with Crippen LogP contribution < -0.4 is 0 Å². The van der Waals surface area contributed by atoms with Crippen LogP contribution in [0.25, 0.3) is 0 Å². The Morgan fingerprint density at radius 2 is 1.63 bits per heavy atom. The van der Waals surface area contributed by atoms with Crippen molar-refractivity contribution in [2.45, 2.75) is 167 Å². The average Bonchev–Trinajstić information content (AvgIpc) is 3.65. The first kappa shape index (κ1) is 35.1. The van der Waals surface area contributed by atoms with E-state index in [9.17, 15) is 35.4 Å². The van der Waals surface area contributed by atoms with Gasteiger partial charge < -0.3 is 44.8 Å². The molecule has 0 bridgehead atoms. The van der Waals surface area contributed by atoms with E-state index in [1.165, 1.54) is 0 Å². The van der Waals surface area contributed by atoms with Crippen LogP contribution in [0.5, 0.6) is 0 Å². The normalized spacial score (nSPS) is 52.6. The van der Waals surface area contributed by atoms with Crippen molar-refractivity contribution in [1.29, 1.82) is 0 Å². The van der Waals surface area contributed by atoms with E-state index >= 15 is 0 Å². The van der Waals surface area contributed by atoms with Crippen molar-refractivity contribution in [3.8, 4) is 0 Å². The number of aliphatic hydroxyl groups excluding tert-OH is 5. The Hall–Kier alpha value is -0.690. The van der Waals surface area contributed by atoms with E-state index in [1.54, 1.807) is 13.8 Å². The first-order chi connectivity index (χ1) is 21.2. The van der Waals surface area contributed by atoms with Crippen LogP contribution in [0.1, 0.15) is 107 Å². The molecule has 4 saturated carbocycles. The number of fused-ring (bicyclic) bond motifs is 4. The predicted octanol–water partition coefficient (Wildman–Crippen LogP) is 2.71. The van der Waals surface area contributed by atoms with Gasteiger partial charge in [0.05, 0.1) is 30.5 Å². The van der Waals surface area contributed by atoms with Crippen molar-refractivity contribution in [2.24, 2.45) is 45.3 Å². The number of carbonyl (C=O) groups is 1. The van der Waals surface area contributed by atoms with Crippen LogP contribution in [-0.4, -0.2) is 103 Å². The summed E-state index contributed by atoms with van der Waals surface area (Å²) in [6, 6.07) is 0. The number of epoxide rings is 1. The van der Waals surface area contributed by atoms with Gasteiger partial charge in [-0.3, -0.25) is 4.79 Å². The Morgan fingerprint density at radius 3 is 2.26 bits per heavy atom. The largest absolute Gasteiger partial charge is 0.394 e. The molecule has 46 heavy (non-hydrogen) atoms. The van der Waals surface area contributed by atoms with Crippen LogP contribution in [0.4, 0.5) is 0 Å². The molecule has 0 amide bonds. The van der Waals surface area contributed by atoms with Gasteiger partial charge in [-0.15, -0.1) is 0 Å². The van der Waals surface area contributed by atoms with Gasteiger partial charge in [0, 0.05) is 23.2 Å². The number of rotatable bonds is 8. The van der Waals surface area contributed by atoms with Gasteiger partial charge in [0.25, 0.3) is 0 Å². The molecule has 0 aromatic rings. The molecule has 4 aliphatic carbocycles. The zero-order valence-electron chi connectivity index (χ0n) is 29.1. The van der Waals surface area contributed by atoms with Crippen molar-refractivity contribution >= 4 is 5.78 Å². The van der Waals surface area contributed by atoms with Crippen molar-refractivity contribution in [2.75, 3.05) is 6.61 Å². The van der Waals surface area contributed by atoms with Gasteiger partial charge in [-0.2, -0.15) is 0 Å². The summed E-state index contributed by atoms with van der Waals surface area (Å²) in [5.41, 5.74) is -3.00. The van der Waals surface area contributed by atoms with Gasteiger partial charge in [-0.25, -0.2) is 0 Å². The van der Waals surface area contributed by atoms with Gasteiger partial charge in [0.1, 0.15) is 35.8 Å². The van der Waals surface area contributed by atoms with Gasteiger partial charge in [-0.1, -0.05) is 41.5 Å². The smallest absolute Gasteiger partial charge is 0.186 e. The van der Waals surface area contributed by atoms with E-state index in [2.05, 4.69) is 41.5 Å². The fourth-order valence-corrected chi connectivity index (χ4v) is 12.0. The van der Waals surface area contributed by atoms with Crippen molar-refractivity contribution in [1.82, 2.24) is 0 Å². The minimum atomic E-state index is -1.51. The topological polar surface area (TPSA) is 169 Å². The molecule has 6 rings (SSSR count). The molecule has 1 spiro atoms. The molecular weight excluding hydrogens is 592 g/mol. The Labute approximate surface area is 274 Å². The van der Waals surface area contributed by atoms with Gasteiger partial charge in [0.15, 0.2) is 6.29 Å². The molecule has 2 saturated heterocycles. The van der Waals surface area contributed by atoms with Crippen molar-refractivity contribution in [3.05, 3.63) is 0 Å². The number of Topliss-reactive ketones (excluding diaryl/α,β-unsaturated/α-hetero) is 1. The molecule has 16 unspecified atom stereocenters. The highest BCUT2D eigenvalue weighted by atomic mass is 16.7. The second-order valence-corrected chi connectivity index (χ2v) is 17.9. The molecule has 264 valence electrons. The molecule has 6 aliphatic rings. The third-order valence-electron chi connectivity index (χ3n) is 15.2. The summed E-state index contributed by atoms with van der Waals surface area (Å²) >= 11 is 0. The minimum Gasteiger partial charge on any atom is -0.394 e. The number of hydrogen-bond acceptors (Lipinski definition) is 10. The van der Waals surface area contributed by atoms with Crippen LogP contribution in [-0.2, 0) is 19.0 Å². The third kappa shape index (κ3) is 4.64. The number of aliphatic hydroxyl groups is 6. The zero-order valence-corrected chi connectivity index (χ0v) is 29.1. The second kappa shape index (κ2) is 11.2. The first-order valence-corrected chi connectivity index (χ1v) is 17.8. The van der Waals surface area contributed by atoms with E-state index in [0.717, 1.165) is 32.1 Å². The molecule has 2 heterocycles. The van der Waals surface area contributed by atoms with E-state index in [-0.39, 0.29) is 28.8 Å². The summed E-state index contributed by atoms with van der Waals surface area (Å²) in [7, 11) is 0. The van der Waals surface area contributed by atoms with Gasteiger partial charge in [-0.05, 0) is 87.4 Å². The Kier molecular flexibility index (Phi) is 8.52. The maximum Gasteiger partial charge on any atom is 0.186 e. The lowest BCUT2D eigenvalue weighted by Crippen LogP contribution is -2.69. The molecule has 0 aromatic heterocycles. The summed E-state index contributed by atoms with van der Waals surface area (Å²) in [4.78, 5) is 14.7. The summed E-state index contributed by atoms with van der Waals surface area (Å²) in [5, 5.41) is 61.8. The van der Waals surface area contributed by atoms with Crippen LogP contribution in [0.15, 0.2) is 0 Å². The number of ether oxygens (including phenoxy) is 3. The molecule has 10 nitrogen and oxygen atoms in total. The molecular formula is C36H60O10.